The van der Waals surface area contributed by atoms with Gasteiger partial charge in [-0.2, -0.15) is 0 Å². The fourth-order valence-corrected chi connectivity index (χ4v) is 1.89. The molecule has 0 aliphatic carbocycles. The van der Waals surface area contributed by atoms with Crippen LogP contribution in [-0.2, 0) is 4.79 Å². The average Bonchev–Trinajstić information content (AvgIpc) is 2.58. The lowest BCUT2D eigenvalue weighted by Gasteiger charge is -2.06. The fourth-order valence-electron chi connectivity index (χ4n) is 1.89. The molecule has 0 saturated heterocycles. The molecule has 0 unspecified atom stereocenters. The van der Waals surface area contributed by atoms with Crippen molar-refractivity contribution >= 4 is 23.4 Å². The molecule has 0 bridgehead atoms. The van der Waals surface area contributed by atoms with E-state index in [9.17, 15) is 14.9 Å². The number of amides is 1. The zero-order chi connectivity index (χ0) is 16.5. The van der Waals surface area contributed by atoms with Gasteiger partial charge in [0.2, 0.25) is 5.91 Å². The van der Waals surface area contributed by atoms with E-state index in [2.05, 4.69) is 10.6 Å². The second-order valence-electron chi connectivity index (χ2n) is 4.77. The first-order valence-electron chi connectivity index (χ1n) is 7.14. The van der Waals surface area contributed by atoms with E-state index >= 15 is 0 Å². The molecule has 23 heavy (non-hydrogen) atoms. The molecule has 2 rings (SSSR count). The van der Waals surface area contributed by atoms with Gasteiger partial charge in [0.15, 0.2) is 0 Å². The molecule has 118 valence electrons. The monoisotopic (exact) mass is 311 g/mol. The van der Waals surface area contributed by atoms with Crippen molar-refractivity contribution in [1.29, 1.82) is 0 Å². The highest BCUT2D eigenvalue weighted by Gasteiger charge is 2.03. The Balaban J connectivity index is 1.69. The second-order valence-corrected chi connectivity index (χ2v) is 4.77. The number of hydrogen-bond donors (Lipinski definition) is 2. The SMILES string of the molecule is O=C(/C=C/c1ccccc1)NCCNc1ccc([N+](=O)[O-])cc1. The largest absolute Gasteiger partial charge is 0.383 e. The van der Waals surface area contributed by atoms with Crippen molar-refractivity contribution in [3.8, 4) is 0 Å². The van der Waals surface area contributed by atoms with E-state index in [1.165, 1.54) is 18.2 Å². The van der Waals surface area contributed by atoms with E-state index in [4.69, 9.17) is 0 Å². The highest BCUT2D eigenvalue weighted by molar-refractivity contribution is 5.91. The minimum atomic E-state index is -0.441. The van der Waals surface area contributed by atoms with Gasteiger partial charge < -0.3 is 10.6 Å². The summed E-state index contributed by atoms with van der Waals surface area (Å²) in [4.78, 5) is 21.7. The lowest BCUT2D eigenvalue weighted by Crippen LogP contribution is -2.27. The molecule has 0 aliphatic rings. The summed E-state index contributed by atoms with van der Waals surface area (Å²) in [6.45, 7) is 0.984. The van der Waals surface area contributed by atoms with Crippen molar-refractivity contribution in [1.82, 2.24) is 5.32 Å². The Kier molecular flexibility index (Phi) is 5.88. The number of benzene rings is 2. The Hall–Kier alpha value is -3.15. The number of rotatable bonds is 7. The number of carbonyl (C=O) groups is 1. The van der Waals surface area contributed by atoms with Crippen LogP contribution in [0.15, 0.2) is 60.7 Å². The molecule has 2 N–H and O–H groups in total. The summed E-state index contributed by atoms with van der Waals surface area (Å²) < 4.78 is 0. The Bertz CT molecular complexity index is 682. The summed E-state index contributed by atoms with van der Waals surface area (Å²) in [6.07, 6.45) is 3.24. The van der Waals surface area contributed by atoms with Crippen LogP contribution in [0.3, 0.4) is 0 Å². The number of anilines is 1. The zero-order valence-corrected chi connectivity index (χ0v) is 12.4. The number of nitro benzene ring substituents is 1. The van der Waals surface area contributed by atoms with E-state index < -0.39 is 4.92 Å². The maximum atomic E-state index is 11.6. The van der Waals surface area contributed by atoms with Gasteiger partial charge >= 0.3 is 0 Å². The molecule has 0 heterocycles. The minimum absolute atomic E-state index is 0.0508. The molecule has 6 heteroatoms. The van der Waals surface area contributed by atoms with Gasteiger partial charge in [-0.15, -0.1) is 0 Å². The summed E-state index contributed by atoms with van der Waals surface area (Å²) in [6, 6.07) is 15.7. The van der Waals surface area contributed by atoms with Crippen LogP contribution >= 0.6 is 0 Å². The molecule has 6 nitrogen and oxygen atoms in total. The normalized spacial score (nSPS) is 10.4. The molecular formula is C17H17N3O3. The van der Waals surface area contributed by atoms with Gasteiger partial charge in [0.05, 0.1) is 4.92 Å². The van der Waals surface area contributed by atoms with Gasteiger partial charge in [-0.1, -0.05) is 30.3 Å². The molecule has 0 saturated carbocycles. The van der Waals surface area contributed by atoms with Crippen LogP contribution in [0.1, 0.15) is 5.56 Å². The Morgan fingerprint density at radius 2 is 1.74 bits per heavy atom. The molecule has 0 fully saturated rings. The summed E-state index contributed by atoms with van der Waals surface area (Å²) in [5.74, 6) is -0.167. The van der Waals surface area contributed by atoms with E-state index in [1.54, 1.807) is 18.2 Å². The van der Waals surface area contributed by atoms with Crippen LogP contribution in [0.25, 0.3) is 6.08 Å². The predicted molar refractivity (Wildman–Crippen MR) is 90.1 cm³/mol. The first-order chi connectivity index (χ1) is 11.1. The number of carbonyl (C=O) groups excluding carboxylic acids is 1. The Labute approximate surface area is 134 Å². The standard InChI is InChI=1S/C17H17N3O3/c21-17(11-6-14-4-2-1-3-5-14)19-13-12-18-15-7-9-16(10-8-15)20(22)23/h1-11,18H,12-13H2,(H,19,21)/b11-6+. The predicted octanol–water partition coefficient (Wildman–Crippen LogP) is 2.84. The van der Waals surface area contributed by atoms with E-state index in [1.807, 2.05) is 30.3 Å². The Morgan fingerprint density at radius 3 is 2.39 bits per heavy atom. The van der Waals surface area contributed by atoms with Crippen LogP contribution in [0.4, 0.5) is 11.4 Å². The van der Waals surface area contributed by atoms with E-state index in [0.29, 0.717) is 13.1 Å². The Morgan fingerprint density at radius 1 is 1.04 bits per heavy atom. The summed E-state index contributed by atoms with van der Waals surface area (Å²) in [5, 5.41) is 16.4. The highest BCUT2D eigenvalue weighted by Crippen LogP contribution is 2.14. The molecular weight excluding hydrogens is 294 g/mol. The molecule has 0 radical (unpaired) electrons. The maximum Gasteiger partial charge on any atom is 0.269 e. The third kappa shape index (κ3) is 5.62. The van der Waals surface area contributed by atoms with Gasteiger partial charge in [-0.25, -0.2) is 0 Å². The smallest absolute Gasteiger partial charge is 0.269 e. The molecule has 0 spiro atoms. The van der Waals surface area contributed by atoms with Crippen molar-refractivity contribution in [3.05, 3.63) is 76.4 Å². The first kappa shape index (κ1) is 16.2. The van der Waals surface area contributed by atoms with Gasteiger partial charge in [0.25, 0.3) is 5.69 Å². The van der Waals surface area contributed by atoms with Gasteiger partial charge in [0.1, 0.15) is 0 Å². The number of hydrogen-bond acceptors (Lipinski definition) is 4. The lowest BCUT2D eigenvalue weighted by atomic mass is 10.2. The molecule has 0 aliphatic heterocycles. The first-order valence-corrected chi connectivity index (χ1v) is 7.14. The van der Waals surface area contributed by atoms with Crippen molar-refractivity contribution in [2.24, 2.45) is 0 Å². The quantitative estimate of drug-likeness (QED) is 0.356. The van der Waals surface area contributed by atoms with Gasteiger partial charge in [0, 0.05) is 37.0 Å². The summed E-state index contributed by atoms with van der Waals surface area (Å²) in [5.41, 5.74) is 1.78. The maximum absolute atomic E-state index is 11.6. The van der Waals surface area contributed by atoms with Crippen molar-refractivity contribution in [2.75, 3.05) is 18.4 Å². The molecule has 0 aromatic heterocycles. The van der Waals surface area contributed by atoms with Crippen LogP contribution in [0.5, 0.6) is 0 Å². The van der Waals surface area contributed by atoms with Gasteiger partial charge in [-0.3, -0.25) is 14.9 Å². The second kappa shape index (κ2) is 8.33. The minimum Gasteiger partial charge on any atom is -0.383 e. The summed E-state index contributed by atoms with van der Waals surface area (Å²) >= 11 is 0. The fraction of sp³-hybridized carbons (Fsp3) is 0.118. The number of nitrogens with zero attached hydrogens (tertiary/aromatic N) is 1. The van der Waals surface area contributed by atoms with Crippen LogP contribution in [0.2, 0.25) is 0 Å². The van der Waals surface area contributed by atoms with E-state index in [-0.39, 0.29) is 11.6 Å². The topological polar surface area (TPSA) is 84.3 Å². The lowest BCUT2D eigenvalue weighted by molar-refractivity contribution is -0.384. The molecule has 2 aromatic carbocycles. The van der Waals surface area contributed by atoms with Crippen molar-refractivity contribution in [2.45, 2.75) is 0 Å². The van der Waals surface area contributed by atoms with Crippen LogP contribution < -0.4 is 10.6 Å². The molecule has 1 amide bonds. The van der Waals surface area contributed by atoms with Crippen LogP contribution in [-0.4, -0.2) is 23.9 Å². The zero-order valence-electron chi connectivity index (χ0n) is 12.4. The van der Waals surface area contributed by atoms with Crippen molar-refractivity contribution < 1.29 is 9.72 Å². The van der Waals surface area contributed by atoms with E-state index in [0.717, 1.165) is 11.3 Å². The average molecular weight is 311 g/mol. The van der Waals surface area contributed by atoms with Crippen molar-refractivity contribution in [3.63, 3.8) is 0 Å². The molecule has 2 aromatic rings. The number of non-ortho nitro benzene ring substituents is 1. The van der Waals surface area contributed by atoms with Gasteiger partial charge in [-0.05, 0) is 23.8 Å². The highest BCUT2D eigenvalue weighted by atomic mass is 16.6. The van der Waals surface area contributed by atoms with Crippen LogP contribution in [0, 0.1) is 10.1 Å². The molecule has 0 atom stereocenters. The third-order valence-electron chi connectivity index (χ3n) is 3.06. The third-order valence-corrected chi connectivity index (χ3v) is 3.06. The number of nitro groups is 1. The number of nitrogens with one attached hydrogen (secondary N) is 2. The summed E-state index contributed by atoms with van der Waals surface area (Å²) in [7, 11) is 0.